The number of hydrogen-bond acceptors (Lipinski definition) is 4. The van der Waals surface area contributed by atoms with Crippen LogP contribution in [-0.2, 0) is 17.8 Å². The molecule has 8 heteroatoms. The van der Waals surface area contributed by atoms with Crippen LogP contribution in [0.1, 0.15) is 50.8 Å². The molecular formula is C25H29ClN4O3. The number of carbonyl (C=O) groups is 1. The third kappa shape index (κ3) is 5.47. The van der Waals surface area contributed by atoms with E-state index in [2.05, 4.69) is 10.4 Å². The van der Waals surface area contributed by atoms with Gasteiger partial charge in [0.15, 0.2) is 5.82 Å². The Bertz CT molecular complexity index is 1220. The van der Waals surface area contributed by atoms with Crippen LogP contribution in [0, 0.1) is 0 Å². The molecule has 4 rings (SSSR count). The molecule has 1 N–H and O–H groups in total. The van der Waals surface area contributed by atoms with Crippen molar-refractivity contribution in [1.82, 2.24) is 19.7 Å². The maximum absolute atomic E-state index is 13.2. The largest absolute Gasteiger partial charge is 0.496 e. The summed E-state index contributed by atoms with van der Waals surface area (Å²) in [5.74, 6) is 1.22. The maximum Gasteiger partial charge on any atom is 0.346 e. The van der Waals surface area contributed by atoms with Gasteiger partial charge in [0, 0.05) is 27.7 Å². The van der Waals surface area contributed by atoms with Gasteiger partial charge in [-0.3, -0.25) is 9.36 Å². The number of nitrogens with zero attached hydrogens (tertiary/aromatic N) is 3. The van der Waals surface area contributed by atoms with Crippen LogP contribution in [0.5, 0.6) is 5.75 Å². The molecule has 1 aliphatic rings. The molecule has 1 aromatic heterocycles. The third-order valence-electron chi connectivity index (χ3n) is 5.44. The van der Waals surface area contributed by atoms with Gasteiger partial charge in [0.05, 0.1) is 20.1 Å². The minimum atomic E-state index is -0.287. The van der Waals surface area contributed by atoms with Crippen molar-refractivity contribution in [3.8, 4) is 17.1 Å². The standard InChI is InChI=1S/C25H29ClN4O3/c1-25(2,3)27-22(31)14-16-5-6-18(21(13-16)33-4)15-29-24(32)30(20-11-12-20)23(28-29)17-7-9-19(26)10-8-17/h5-10,13,20H,11-12,14-15H2,1-4H3,(H,27,31). The minimum absolute atomic E-state index is 0.0516. The molecule has 33 heavy (non-hydrogen) atoms. The summed E-state index contributed by atoms with van der Waals surface area (Å²) < 4.78 is 8.84. The van der Waals surface area contributed by atoms with Crippen molar-refractivity contribution in [2.45, 2.75) is 58.2 Å². The number of halogens is 1. The summed E-state index contributed by atoms with van der Waals surface area (Å²) in [7, 11) is 1.59. The fourth-order valence-corrected chi connectivity index (χ4v) is 3.95. The fraction of sp³-hybridized carbons (Fsp3) is 0.400. The van der Waals surface area contributed by atoms with Crippen LogP contribution in [0.15, 0.2) is 47.3 Å². The highest BCUT2D eigenvalue weighted by Gasteiger charge is 2.30. The second-order valence-corrected chi connectivity index (χ2v) is 9.93. The first-order valence-electron chi connectivity index (χ1n) is 11.1. The highest BCUT2D eigenvalue weighted by atomic mass is 35.5. The smallest absolute Gasteiger partial charge is 0.346 e. The van der Waals surface area contributed by atoms with Crippen molar-refractivity contribution in [2.24, 2.45) is 0 Å². The number of methoxy groups -OCH3 is 1. The normalized spacial score (nSPS) is 13.7. The minimum Gasteiger partial charge on any atom is -0.496 e. The summed E-state index contributed by atoms with van der Waals surface area (Å²) in [6, 6.07) is 13.2. The van der Waals surface area contributed by atoms with Crippen LogP contribution in [0.2, 0.25) is 5.02 Å². The summed E-state index contributed by atoms with van der Waals surface area (Å²) in [6.07, 6.45) is 2.20. The lowest BCUT2D eigenvalue weighted by atomic mass is 10.1. The number of hydrogen-bond donors (Lipinski definition) is 1. The molecule has 1 amide bonds. The van der Waals surface area contributed by atoms with Gasteiger partial charge in [0.25, 0.3) is 0 Å². The highest BCUT2D eigenvalue weighted by Crippen LogP contribution is 2.36. The predicted molar refractivity (Wildman–Crippen MR) is 129 cm³/mol. The van der Waals surface area contributed by atoms with Gasteiger partial charge in [-0.15, -0.1) is 5.10 Å². The molecule has 1 fully saturated rings. The lowest BCUT2D eigenvalue weighted by Gasteiger charge is -2.20. The highest BCUT2D eigenvalue weighted by molar-refractivity contribution is 6.30. The number of rotatable bonds is 7. The quantitative estimate of drug-likeness (QED) is 0.563. The zero-order chi connectivity index (χ0) is 23.8. The van der Waals surface area contributed by atoms with E-state index in [0.29, 0.717) is 16.6 Å². The van der Waals surface area contributed by atoms with Crippen molar-refractivity contribution in [2.75, 3.05) is 7.11 Å². The molecule has 0 aliphatic heterocycles. The number of aromatic nitrogens is 3. The van der Waals surface area contributed by atoms with Crippen molar-refractivity contribution >= 4 is 17.5 Å². The van der Waals surface area contributed by atoms with Crippen LogP contribution in [0.4, 0.5) is 0 Å². The lowest BCUT2D eigenvalue weighted by molar-refractivity contribution is -0.121. The molecule has 2 aromatic carbocycles. The second kappa shape index (κ2) is 9.06. The molecule has 1 saturated carbocycles. The Kier molecular flexibility index (Phi) is 6.34. The number of amides is 1. The van der Waals surface area contributed by atoms with Gasteiger partial charge in [-0.1, -0.05) is 23.7 Å². The first-order valence-corrected chi connectivity index (χ1v) is 11.4. The molecule has 0 radical (unpaired) electrons. The predicted octanol–water partition coefficient (Wildman–Crippen LogP) is 4.21. The average molecular weight is 469 g/mol. The molecule has 0 unspecified atom stereocenters. The van der Waals surface area contributed by atoms with Crippen LogP contribution >= 0.6 is 11.6 Å². The second-order valence-electron chi connectivity index (χ2n) is 9.49. The van der Waals surface area contributed by atoms with Gasteiger partial charge < -0.3 is 10.1 Å². The average Bonchev–Trinajstić information content (AvgIpc) is 3.52. The zero-order valence-corrected chi connectivity index (χ0v) is 20.1. The molecule has 7 nitrogen and oxygen atoms in total. The molecule has 3 aromatic rings. The molecule has 0 bridgehead atoms. The summed E-state index contributed by atoms with van der Waals surface area (Å²) in [6.45, 7) is 6.12. The maximum atomic E-state index is 13.2. The van der Waals surface area contributed by atoms with E-state index in [1.165, 1.54) is 4.68 Å². The molecule has 0 spiro atoms. The van der Waals surface area contributed by atoms with E-state index < -0.39 is 0 Å². The molecule has 1 heterocycles. The Hall–Kier alpha value is -3.06. The molecule has 0 atom stereocenters. The van der Waals surface area contributed by atoms with E-state index in [4.69, 9.17) is 16.3 Å². The molecule has 0 saturated heterocycles. The van der Waals surface area contributed by atoms with Crippen LogP contribution in [-0.4, -0.2) is 32.9 Å². The Morgan fingerprint density at radius 1 is 1.18 bits per heavy atom. The number of carbonyl (C=O) groups excluding carboxylic acids is 1. The molecule has 174 valence electrons. The van der Waals surface area contributed by atoms with Crippen molar-refractivity contribution in [1.29, 1.82) is 0 Å². The van der Waals surface area contributed by atoms with E-state index in [0.717, 1.165) is 29.5 Å². The third-order valence-corrected chi connectivity index (χ3v) is 5.69. The van der Waals surface area contributed by atoms with Gasteiger partial charge in [0.1, 0.15) is 5.75 Å². The molecular weight excluding hydrogens is 440 g/mol. The topological polar surface area (TPSA) is 78.2 Å². The fourth-order valence-electron chi connectivity index (χ4n) is 3.82. The summed E-state index contributed by atoms with van der Waals surface area (Å²) in [4.78, 5) is 25.5. The van der Waals surface area contributed by atoms with Gasteiger partial charge in [-0.2, -0.15) is 0 Å². The monoisotopic (exact) mass is 468 g/mol. The number of nitrogens with one attached hydrogen (secondary N) is 1. The van der Waals surface area contributed by atoms with E-state index in [9.17, 15) is 9.59 Å². The first kappa shape index (κ1) is 23.1. The summed E-state index contributed by atoms with van der Waals surface area (Å²) >= 11 is 6.03. The first-order chi connectivity index (χ1) is 15.6. The Morgan fingerprint density at radius 2 is 1.88 bits per heavy atom. The molecule has 1 aliphatic carbocycles. The van der Waals surface area contributed by atoms with Crippen molar-refractivity contribution in [3.63, 3.8) is 0 Å². The zero-order valence-electron chi connectivity index (χ0n) is 19.4. The van der Waals surface area contributed by atoms with Crippen LogP contribution < -0.4 is 15.7 Å². The van der Waals surface area contributed by atoms with Crippen molar-refractivity contribution in [3.05, 3.63) is 69.1 Å². The summed E-state index contributed by atoms with van der Waals surface area (Å²) in [5, 5.41) is 8.26. The Labute approximate surface area is 198 Å². The lowest BCUT2D eigenvalue weighted by Crippen LogP contribution is -2.41. The Morgan fingerprint density at radius 3 is 2.48 bits per heavy atom. The number of ether oxygens (including phenoxy) is 1. The van der Waals surface area contributed by atoms with Gasteiger partial charge in [-0.25, -0.2) is 9.48 Å². The van der Waals surface area contributed by atoms with E-state index in [-0.39, 0.29) is 36.1 Å². The van der Waals surface area contributed by atoms with E-state index in [1.807, 2.05) is 51.1 Å². The van der Waals surface area contributed by atoms with E-state index >= 15 is 0 Å². The van der Waals surface area contributed by atoms with Gasteiger partial charge >= 0.3 is 5.69 Å². The van der Waals surface area contributed by atoms with Crippen LogP contribution in [0.25, 0.3) is 11.4 Å². The van der Waals surface area contributed by atoms with Crippen LogP contribution in [0.3, 0.4) is 0 Å². The Balaban J connectivity index is 1.61. The van der Waals surface area contributed by atoms with E-state index in [1.54, 1.807) is 23.8 Å². The van der Waals surface area contributed by atoms with Crippen molar-refractivity contribution < 1.29 is 9.53 Å². The summed E-state index contributed by atoms with van der Waals surface area (Å²) in [5.41, 5.74) is 2.09. The number of benzene rings is 2. The van der Waals surface area contributed by atoms with Gasteiger partial charge in [0.2, 0.25) is 5.91 Å². The SMILES string of the molecule is COc1cc(CC(=O)NC(C)(C)C)ccc1Cn1nc(-c2ccc(Cl)cc2)n(C2CC2)c1=O. The van der Waals surface area contributed by atoms with Gasteiger partial charge in [-0.05, 0) is 69.5 Å².